The predicted molar refractivity (Wildman–Crippen MR) is 82.0 cm³/mol. The lowest BCUT2D eigenvalue weighted by atomic mass is 9.95. The fourth-order valence-electron chi connectivity index (χ4n) is 2.59. The second-order valence-corrected chi connectivity index (χ2v) is 6.02. The average molecular weight is 320 g/mol. The van der Waals surface area contributed by atoms with Crippen LogP contribution in [0.25, 0.3) is 11.1 Å². The number of methoxy groups -OCH3 is 1. The van der Waals surface area contributed by atoms with Crippen molar-refractivity contribution >= 4 is 35.2 Å². The van der Waals surface area contributed by atoms with E-state index in [2.05, 4.69) is 10.3 Å². The van der Waals surface area contributed by atoms with Crippen molar-refractivity contribution in [1.82, 2.24) is 10.3 Å². The Kier molecular flexibility index (Phi) is 3.52. The summed E-state index contributed by atoms with van der Waals surface area (Å²) in [6, 6.07) is 4.97. The number of carbonyl (C=O) groups excluding carboxylic acids is 2. The third kappa shape index (κ3) is 2.52. The lowest BCUT2D eigenvalue weighted by molar-refractivity contribution is -0.148. The number of aromatic amines is 1. The predicted octanol–water partition coefficient (Wildman–Crippen LogP) is 2.56. The largest absolute Gasteiger partial charge is 0.467 e. The van der Waals surface area contributed by atoms with Crippen molar-refractivity contribution in [2.75, 3.05) is 7.11 Å². The molecule has 1 unspecified atom stereocenters. The number of carbonyl (C=O) groups is 2. The third-order valence-corrected chi connectivity index (χ3v) is 4.25. The van der Waals surface area contributed by atoms with Crippen LogP contribution in [0.5, 0.6) is 0 Å². The first kappa shape index (κ1) is 14.8. The van der Waals surface area contributed by atoms with Crippen molar-refractivity contribution in [3.8, 4) is 0 Å². The Morgan fingerprint density at radius 2 is 2.18 bits per heavy atom. The highest BCUT2D eigenvalue weighted by Crippen LogP contribution is 2.40. The number of benzene rings is 1. The molecule has 1 amide bonds. The third-order valence-electron chi connectivity index (χ3n) is 4.06. The monoisotopic (exact) mass is 320 g/mol. The van der Waals surface area contributed by atoms with E-state index in [0.717, 1.165) is 18.4 Å². The Bertz CT molecular complexity index is 805. The summed E-state index contributed by atoms with van der Waals surface area (Å²) in [6.07, 6.45) is 1.80. The Hall–Kier alpha value is -2.15. The highest BCUT2D eigenvalue weighted by Gasteiger charge is 2.49. The number of amides is 1. The molecule has 1 heterocycles. The molecule has 22 heavy (non-hydrogen) atoms. The summed E-state index contributed by atoms with van der Waals surface area (Å²) in [6.45, 7) is 1.70. The summed E-state index contributed by atoms with van der Waals surface area (Å²) in [4.78, 5) is 27.6. The number of ether oxygens (including phenoxy) is 1. The summed E-state index contributed by atoms with van der Waals surface area (Å²) in [5.74, 6) is -0.656. The van der Waals surface area contributed by atoms with Crippen LogP contribution >= 0.6 is 12.2 Å². The first-order valence-corrected chi connectivity index (χ1v) is 7.38. The van der Waals surface area contributed by atoms with Gasteiger partial charge in [-0.15, -0.1) is 0 Å². The molecule has 116 valence electrons. The number of H-pyrrole nitrogens is 1. The highest BCUT2D eigenvalue weighted by atomic mass is 32.1. The number of hydrogen-bond acceptors (Lipinski definition) is 5. The SMILES string of the molecule is COC(=O)C(C)(NC(=O)c1ccc2[nH]c(=S)oc2c1)C1CC1. The summed E-state index contributed by atoms with van der Waals surface area (Å²) < 4.78 is 10.1. The lowest BCUT2D eigenvalue weighted by Gasteiger charge is -2.27. The summed E-state index contributed by atoms with van der Waals surface area (Å²) in [5, 5.41) is 2.80. The van der Waals surface area contributed by atoms with Crippen LogP contribution in [0.2, 0.25) is 0 Å². The zero-order valence-corrected chi connectivity index (χ0v) is 13.1. The second kappa shape index (κ2) is 5.24. The van der Waals surface area contributed by atoms with Gasteiger partial charge in [-0.1, -0.05) is 0 Å². The van der Waals surface area contributed by atoms with E-state index < -0.39 is 11.5 Å². The Balaban J connectivity index is 1.88. The van der Waals surface area contributed by atoms with Crippen LogP contribution in [-0.4, -0.2) is 29.5 Å². The van der Waals surface area contributed by atoms with Gasteiger partial charge in [0.25, 0.3) is 10.7 Å². The number of rotatable bonds is 4. The fourth-order valence-corrected chi connectivity index (χ4v) is 2.79. The molecule has 0 saturated heterocycles. The van der Waals surface area contributed by atoms with Crippen LogP contribution in [0.3, 0.4) is 0 Å². The molecule has 1 saturated carbocycles. The topological polar surface area (TPSA) is 84.3 Å². The standard InChI is InChI=1S/C15H16N2O4S/c1-15(9-4-5-9,13(19)20-2)17-12(18)8-3-6-10-11(7-8)21-14(22)16-10/h3,6-7,9H,4-5H2,1-2H3,(H,16,22)(H,17,18). The Morgan fingerprint density at radius 3 is 2.82 bits per heavy atom. The fraction of sp³-hybridized carbons (Fsp3) is 0.400. The van der Waals surface area contributed by atoms with Gasteiger partial charge < -0.3 is 19.5 Å². The maximum Gasteiger partial charge on any atom is 0.331 e. The van der Waals surface area contributed by atoms with Crippen LogP contribution < -0.4 is 5.32 Å². The first-order valence-electron chi connectivity index (χ1n) is 6.98. The number of fused-ring (bicyclic) bond motifs is 1. The molecular weight excluding hydrogens is 304 g/mol. The molecule has 3 rings (SSSR count). The molecule has 0 radical (unpaired) electrons. The van der Waals surface area contributed by atoms with Crippen LogP contribution in [0, 0.1) is 10.8 Å². The molecule has 7 heteroatoms. The number of nitrogens with one attached hydrogen (secondary N) is 2. The van der Waals surface area contributed by atoms with E-state index >= 15 is 0 Å². The minimum atomic E-state index is -1.00. The molecule has 6 nitrogen and oxygen atoms in total. The van der Waals surface area contributed by atoms with E-state index in [-0.39, 0.29) is 16.7 Å². The Labute approximate surface area is 131 Å². The average Bonchev–Trinajstić information content (AvgIpc) is 3.27. The quantitative estimate of drug-likeness (QED) is 0.668. The molecule has 1 aliphatic rings. The molecule has 2 aromatic rings. The number of esters is 1. The van der Waals surface area contributed by atoms with E-state index in [1.54, 1.807) is 25.1 Å². The Morgan fingerprint density at radius 1 is 1.45 bits per heavy atom. The summed E-state index contributed by atoms with van der Waals surface area (Å²) in [7, 11) is 1.32. The van der Waals surface area contributed by atoms with Gasteiger partial charge in [-0.05, 0) is 56.1 Å². The minimum absolute atomic E-state index is 0.115. The molecule has 1 aromatic heterocycles. The zero-order chi connectivity index (χ0) is 15.9. The van der Waals surface area contributed by atoms with Gasteiger partial charge in [0.15, 0.2) is 5.58 Å². The van der Waals surface area contributed by atoms with E-state index in [1.165, 1.54) is 7.11 Å². The van der Waals surface area contributed by atoms with Crippen molar-refractivity contribution in [2.24, 2.45) is 5.92 Å². The summed E-state index contributed by atoms with van der Waals surface area (Å²) in [5.41, 5.74) is 0.628. The van der Waals surface area contributed by atoms with Crippen molar-refractivity contribution in [1.29, 1.82) is 0 Å². The van der Waals surface area contributed by atoms with E-state index in [1.807, 2.05) is 0 Å². The van der Waals surface area contributed by atoms with Crippen LogP contribution in [0.15, 0.2) is 22.6 Å². The van der Waals surface area contributed by atoms with Crippen molar-refractivity contribution in [3.05, 3.63) is 28.6 Å². The molecular formula is C15H16N2O4S. The maximum absolute atomic E-state index is 12.5. The van der Waals surface area contributed by atoms with Gasteiger partial charge >= 0.3 is 5.97 Å². The molecule has 1 aromatic carbocycles. The maximum atomic E-state index is 12.5. The molecule has 2 N–H and O–H groups in total. The molecule has 1 aliphatic carbocycles. The van der Waals surface area contributed by atoms with Crippen molar-refractivity contribution < 1.29 is 18.7 Å². The molecule has 0 bridgehead atoms. The van der Waals surface area contributed by atoms with Gasteiger partial charge in [0.05, 0.1) is 12.6 Å². The highest BCUT2D eigenvalue weighted by molar-refractivity contribution is 7.71. The van der Waals surface area contributed by atoms with Crippen molar-refractivity contribution in [3.63, 3.8) is 0 Å². The summed E-state index contributed by atoms with van der Waals surface area (Å²) >= 11 is 4.92. The van der Waals surface area contributed by atoms with Crippen molar-refractivity contribution in [2.45, 2.75) is 25.3 Å². The zero-order valence-electron chi connectivity index (χ0n) is 12.3. The van der Waals surface area contributed by atoms with Gasteiger partial charge in [0.2, 0.25) is 0 Å². The second-order valence-electron chi connectivity index (χ2n) is 5.65. The van der Waals surface area contributed by atoms with Crippen LogP contribution in [0.1, 0.15) is 30.1 Å². The van der Waals surface area contributed by atoms with E-state index in [9.17, 15) is 9.59 Å². The van der Waals surface area contributed by atoms with Gasteiger partial charge in [-0.25, -0.2) is 4.79 Å². The van der Waals surface area contributed by atoms with Gasteiger partial charge in [-0.3, -0.25) is 4.79 Å². The van der Waals surface area contributed by atoms with Gasteiger partial charge in [0, 0.05) is 5.56 Å². The first-order chi connectivity index (χ1) is 10.4. The van der Waals surface area contributed by atoms with Gasteiger partial charge in [0.1, 0.15) is 5.54 Å². The minimum Gasteiger partial charge on any atom is -0.467 e. The van der Waals surface area contributed by atoms with E-state index in [4.69, 9.17) is 21.4 Å². The molecule has 1 fully saturated rings. The smallest absolute Gasteiger partial charge is 0.331 e. The van der Waals surface area contributed by atoms with Crippen LogP contribution in [-0.2, 0) is 9.53 Å². The van der Waals surface area contributed by atoms with Gasteiger partial charge in [-0.2, -0.15) is 0 Å². The lowest BCUT2D eigenvalue weighted by Crippen LogP contribution is -2.54. The normalized spacial score (nSPS) is 17.0. The van der Waals surface area contributed by atoms with E-state index in [0.29, 0.717) is 11.1 Å². The number of aromatic nitrogens is 1. The number of oxazole rings is 1. The molecule has 1 atom stereocenters. The molecule has 0 spiro atoms. The van der Waals surface area contributed by atoms with Crippen LogP contribution in [0.4, 0.5) is 0 Å². The molecule has 0 aliphatic heterocycles. The number of hydrogen-bond donors (Lipinski definition) is 2.